The first-order valence-corrected chi connectivity index (χ1v) is 8.43. The first kappa shape index (κ1) is 17.2. The van der Waals surface area contributed by atoms with Crippen LogP contribution in [-0.4, -0.2) is 35.5 Å². The van der Waals surface area contributed by atoms with Crippen LogP contribution in [0.15, 0.2) is 65.9 Å². The molecule has 4 rings (SSSR count). The highest BCUT2D eigenvalue weighted by Crippen LogP contribution is 2.45. The van der Waals surface area contributed by atoms with Crippen LogP contribution in [-0.2, 0) is 14.3 Å². The van der Waals surface area contributed by atoms with Crippen LogP contribution in [0, 0.1) is 0 Å². The van der Waals surface area contributed by atoms with Crippen molar-refractivity contribution in [3.63, 3.8) is 0 Å². The molecule has 27 heavy (non-hydrogen) atoms. The maximum absolute atomic E-state index is 13.1. The van der Waals surface area contributed by atoms with E-state index in [-0.39, 0.29) is 34.7 Å². The highest BCUT2D eigenvalue weighted by Gasteiger charge is 2.53. The number of ether oxygens (including phenoxy) is 2. The van der Waals surface area contributed by atoms with Gasteiger partial charge < -0.3 is 14.6 Å². The quantitative estimate of drug-likeness (QED) is 0.823. The van der Waals surface area contributed by atoms with E-state index < -0.39 is 23.5 Å². The molecule has 1 aliphatic carbocycles. The van der Waals surface area contributed by atoms with E-state index in [1.165, 1.54) is 6.07 Å². The zero-order valence-electron chi connectivity index (χ0n) is 14.5. The number of ketones is 2. The van der Waals surface area contributed by atoms with Gasteiger partial charge >= 0.3 is 11.8 Å². The molecule has 6 nitrogen and oxygen atoms in total. The monoisotopic (exact) mass is 364 g/mol. The molecule has 0 saturated heterocycles. The van der Waals surface area contributed by atoms with Crippen molar-refractivity contribution in [1.82, 2.24) is 0 Å². The Bertz CT molecular complexity index is 991. The van der Waals surface area contributed by atoms with Crippen LogP contribution >= 0.6 is 0 Å². The molecule has 2 aromatic rings. The molecule has 0 amide bonds. The number of esters is 1. The van der Waals surface area contributed by atoms with E-state index in [4.69, 9.17) is 4.74 Å². The lowest BCUT2D eigenvalue weighted by Crippen LogP contribution is -2.49. The predicted molar refractivity (Wildman–Crippen MR) is 94.0 cm³/mol. The number of allylic oxidation sites excluding steroid dienone is 2. The van der Waals surface area contributed by atoms with Gasteiger partial charge in [-0.15, -0.1) is 0 Å². The number of Topliss-reactive ketones (excluding diaryl/α,β-unsaturated/α-hetero) is 2. The molecule has 0 fully saturated rings. The van der Waals surface area contributed by atoms with Gasteiger partial charge in [0, 0.05) is 23.5 Å². The number of fused-ring (bicyclic) bond motifs is 1. The van der Waals surface area contributed by atoms with Crippen molar-refractivity contribution in [2.45, 2.75) is 18.1 Å². The third kappa shape index (κ3) is 2.57. The minimum Gasteiger partial charge on any atom is -0.464 e. The molecule has 2 atom stereocenters. The van der Waals surface area contributed by atoms with Crippen LogP contribution in [0.5, 0.6) is 0 Å². The molecule has 0 aromatic heterocycles. The number of carbonyl (C=O) groups excluding carboxylic acids is 3. The SMILES string of the molecule is COC(=O)C1(O)CC(c2ccccc2)C2=C(O1)C(=O)c1ccccc1C2=O. The highest BCUT2D eigenvalue weighted by molar-refractivity contribution is 6.27. The molecule has 136 valence electrons. The van der Waals surface area contributed by atoms with Gasteiger partial charge in [0.05, 0.1) is 12.7 Å². The Morgan fingerprint density at radius 2 is 1.63 bits per heavy atom. The third-order valence-electron chi connectivity index (χ3n) is 4.92. The minimum absolute atomic E-state index is 0.151. The fourth-order valence-corrected chi connectivity index (χ4v) is 3.63. The molecule has 2 aromatic carbocycles. The highest BCUT2D eigenvalue weighted by atomic mass is 16.7. The van der Waals surface area contributed by atoms with Crippen LogP contribution in [0.1, 0.15) is 38.6 Å². The summed E-state index contributed by atoms with van der Waals surface area (Å²) in [6, 6.07) is 15.4. The molecule has 1 N–H and O–H groups in total. The number of carbonyl (C=O) groups is 3. The summed E-state index contributed by atoms with van der Waals surface area (Å²) in [7, 11) is 1.12. The first-order valence-electron chi connectivity index (χ1n) is 8.43. The molecule has 2 aliphatic rings. The van der Waals surface area contributed by atoms with Gasteiger partial charge in [-0.1, -0.05) is 54.6 Å². The second-order valence-electron chi connectivity index (χ2n) is 6.49. The van der Waals surface area contributed by atoms with Crippen molar-refractivity contribution in [3.05, 3.63) is 82.6 Å². The number of methoxy groups -OCH3 is 1. The van der Waals surface area contributed by atoms with E-state index >= 15 is 0 Å². The van der Waals surface area contributed by atoms with Crippen LogP contribution in [0.2, 0.25) is 0 Å². The van der Waals surface area contributed by atoms with E-state index in [0.717, 1.165) is 7.11 Å². The van der Waals surface area contributed by atoms with Crippen LogP contribution < -0.4 is 0 Å². The Kier molecular flexibility index (Phi) is 3.93. The fraction of sp³-hybridized carbons (Fsp3) is 0.190. The Balaban J connectivity index is 1.93. The van der Waals surface area contributed by atoms with Gasteiger partial charge in [-0.25, -0.2) is 4.79 Å². The van der Waals surface area contributed by atoms with Crippen molar-refractivity contribution < 1.29 is 29.0 Å². The lowest BCUT2D eigenvalue weighted by molar-refractivity contribution is -0.218. The number of hydrogen-bond acceptors (Lipinski definition) is 6. The summed E-state index contributed by atoms with van der Waals surface area (Å²) in [5, 5.41) is 10.8. The summed E-state index contributed by atoms with van der Waals surface area (Å²) < 4.78 is 10.1. The van der Waals surface area contributed by atoms with Crippen molar-refractivity contribution in [1.29, 1.82) is 0 Å². The van der Waals surface area contributed by atoms with Crippen molar-refractivity contribution >= 4 is 17.5 Å². The summed E-state index contributed by atoms with van der Waals surface area (Å²) in [4.78, 5) is 38.3. The van der Waals surface area contributed by atoms with Gasteiger partial charge in [-0.05, 0) is 5.56 Å². The zero-order chi connectivity index (χ0) is 19.2. The summed E-state index contributed by atoms with van der Waals surface area (Å²) in [6.07, 6.45) is -0.232. The number of aliphatic hydroxyl groups is 1. The normalized spacial score (nSPS) is 24.0. The Morgan fingerprint density at radius 3 is 2.26 bits per heavy atom. The summed E-state index contributed by atoms with van der Waals surface area (Å²) in [5.74, 6) is -5.25. The number of hydrogen-bond donors (Lipinski definition) is 1. The minimum atomic E-state index is -2.35. The Morgan fingerprint density at radius 1 is 1.04 bits per heavy atom. The molecule has 2 unspecified atom stereocenters. The van der Waals surface area contributed by atoms with Gasteiger partial charge in [-0.2, -0.15) is 0 Å². The molecule has 1 aliphatic heterocycles. The molecule has 6 heteroatoms. The molecule has 0 radical (unpaired) electrons. The van der Waals surface area contributed by atoms with Gasteiger partial charge in [0.1, 0.15) is 0 Å². The van der Waals surface area contributed by atoms with Crippen LogP contribution in [0.3, 0.4) is 0 Å². The first-order chi connectivity index (χ1) is 13.0. The summed E-state index contributed by atoms with van der Waals surface area (Å²) in [5.41, 5.74) is 1.31. The standard InChI is InChI=1S/C21H16O6/c1-26-20(24)21(25)11-15(12-7-3-2-4-8-12)16-17(22)13-9-5-6-10-14(13)18(23)19(16)27-21/h2-10,15,25H,11H2,1H3. The third-order valence-corrected chi connectivity index (χ3v) is 4.92. The van der Waals surface area contributed by atoms with E-state index in [1.54, 1.807) is 42.5 Å². The second kappa shape index (κ2) is 6.17. The molecule has 0 spiro atoms. The summed E-state index contributed by atoms with van der Waals surface area (Å²) in [6.45, 7) is 0. The van der Waals surface area contributed by atoms with Gasteiger partial charge in [0.15, 0.2) is 11.5 Å². The average molecular weight is 364 g/mol. The molecule has 1 heterocycles. The van der Waals surface area contributed by atoms with Crippen molar-refractivity contribution in [2.75, 3.05) is 7.11 Å². The maximum atomic E-state index is 13.1. The topological polar surface area (TPSA) is 89.9 Å². The average Bonchev–Trinajstić information content (AvgIpc) is 2.71. The Labute approximate surface area is 155 Å². The van der Waals surface area contributed by atoms with Gasteiger partial charge in [-0.3, -0.25) is 9.59 Å². The van der Waals surface area contributed by atoms with E-state index in [9.17, 15) is 19.5 Å². The molecular weight excluding hydrogens is 348 g/mol. The van der Waals surface area contributed by atoms with Crippen molar-refractivity contribution in [2.24, 2.45) is 0 Å². The zero-order valence-corrected chi connectivity index (χ0v) is 14.5. The van der Waals surface area contributed by atoms with Gasteiger partial charge in [0.25, 0.3) is 0 Å². The fourth-order valence-electron chi connectivity index (χ4n) is 3.63. The van der Waals surface area contributed by atoms with Crippen LogP contribution in [0.4, 0.5) is 0 Å². The maximum Gasteiger partial charge on any atom is 0.379 e. The summed E-state index contributed by atoms with van der Waals surface area (Å²) >= 11 is 0. The van der Waals surface area contributed by atoms with E-state index in [2.05, 4.69) is 4.74 Å². The largest absolute Gasteiger partial charge is 0.464 e. The second-order valence-corrected chi connectivity index (χ2v) is 6.49. The van der Waals surface area contributed by atoms with E-state index in [1.807, 2.05) is 6.07 Å². The number of benzene rings is 2. The molecule has 0 bridgehead atoms. The number of rotatable bonds is 2. The van der Waals surface area contributed by atoms with Crippen LogP contribution in [0.25, 0.3) is 0 Å². The van der Waals surface area contributed by atoms with Crippen molar-refractivity contribution in [3.8, 4) is 0 Å². The van der Waals surface area contributed by atoms with Gasteiger partial charge in [0.2, 0.25) is 5.78 Å². The lowest BCUT2D eigenvalue weighted by Gasteiger charge is -2.38. The van der Waals surface area contributed by atoms with E-state index in [0.29, 0.717) is 5.56 Å². The smallest absolute Gasteiger partial charge is 0.379 e. The molecular formula is C21H16O6. The Hall–Kier alpha value is -3.25. The predicted octanol–water partition coefficient (Wildman–Crippen LogP) is 2.39. The lowest BCUT2D eigenvalue weighted by atomic mass is 9.75. The molecule has 0 saturated carbocycles.